The zero-order valence-corrected chi connectivity index (χ0v) is 13.1. The summed E-state index contributed by atoms with van der Waals surface area (Å²) in [6, 6.07) is 9.08. The van der Waals surface area contributed by atoms with Gasteiger partial charge in [0.25, 0.3) is 5.91 Å². The van der Waals surface area contributed by atoms with Gasteiger partial charge in [0.05, 0.1) is 6.54 Å². The molecule has 0 aliphatic carbocycles. The lowest BCUT2D eigenvalue weighted by atomic mass is 10.3. The van der Waals surface area contributed by atoms with Gasteiger partial charge in [0.1, 0.15) is 11.5 Å². The number of anilines is 1. The monoisotopic (exact) mass is 323 g/mol. The molecular weight excluding hydrogens is 306 g/mol. The molecule has 0 aromatic carbocycles. The predicted molar refractivity (Wildman–Crippen MR) is 87.6 cm³/mol. The number of rotatable bonds is 4. The molecule has 122 valence electrons. The first kappa shape index (κ1) is 14.6. The van der Waals surface area contributed by atoms with E-state index >= 15 is 0 Å². The first-order valence-electron chi connectivity index (χ1n) is 7.97. The number of fused-ring (bicyclic) bond motifs is 1. The van der Waals surface area contributed by atoms with Gasteiger partial charge in [0.15, 0.2) is 11.5 Å². The van der Waals surface area contributed by atoms with Crippen molar-refractivity contribution in [2.24, 2.45) is 0 Å². The van der Waals surface area contributed by atoms with E-state index in [9.17, 15) is 4.79 Å². The quantitative estimate of drug-likeness (QED) is 0.772. The van der Waals surface area contributed by atoms with Crippen LogP contribution in [0.15, 0.2) is 36.5 Å². The summed E-state index contributed by atoms with van der Waals surface area (Å²) in [5, 5.41) is 15.7. The van der Waals surface area contributed by atoms with Crippen LogP contribution in [0.1, 0.15) is 29.2 Å². The van der Waals surface area contributed by atoms with Crippen molar-refractivity contribution in [1.29, 1.82) is 0 Å². The second-order valence-corrected chi connectivity index (χ2v) is 5.67. The summed E-state index contributed by atoms with van der Waals surface area (Å²) in [7, 11) is 0. The van der Waals surface area contributed by atoms with E-state index in [0.717, 1.165) is 18.9 Å². The molecule has 4 heterocycles. The van der Waals surface area contributed by atoms with Crippen LogP contribution < -0.4 is 10.2 Å². The van der Waals surface area contributed by atoms with Gasteiger partial charge in [0.2, 0.25) is 0 Å². The molecule has 8 nitrogen and oxygen atoms in total. The van der Waals surface area contributed by atoms with Gasteiger partial charge in [0, 0.05) is 19.3 Å². The lowest BCUT2D eigenvalue weighted by Gasteiger charge is -2.15. The summed E-state index contributed by atoms with van der Waals surface area (Å²) in [6.07, 6.45) is 3.97. The Labute approximate surface area is 138 Å². The number of amides is 1. The van der Waals surface area contributed by atoms with Crippen LogP contribution in [0.25, 0.3) is 5.65 Å². The van der Waals surface area contributed by atoms with Gasteiger partial charge in [-0.3, -0.25) is 9.78 Å². The normalized spacial score (nSPS) is 14.2. The molecule has 0 radical (unpaired) electrons. The first-order valence-corrected chi connectivity index (χ1v) is 7.97. The highest BCUT2D eigenvalue weighted by Crippen LogP contribution is 2.17. The number of nitrogens with zero attached hydrogens (tertiary/aromatic N) is 6. The second kappa shape index (κ2) is 6.23. The van der Waals surface area contributed by atoms with Crippen LogP contribution in [0, 0.1) is 0 Å². The van der Waals surface area contributed by atoms with Gasteiger partial charge in [-0.05, 0) is 37.1 Å². The van der Waals surface area contributed by atoms with Crippen molar-refractivity contribution >= 4 is 17.4 Å². The molecule has 1 saturated heterocycles. The van der Waals surface area contributed by atoms with E-state index in [1.807, 2.05) is 12.1 Å². The van der Waals surface area contributed by atoms with Crippen LogP contribution in [0.3, 0.4) is 0 Å². The van der Waals surface area contributed by atoms with Crippen LogP contribution in [-0.2, 0) is 6.54 Å². The maximum Gasteiger partial charge on any atom is 0.270 e. The maximum atomic E-state index is 12.1. The summed E-state index contributed by atoms with van der Waals surface area (Å²) in [6.45, 7) is 2.28. The number of hydrogen-bond donors (Lipinski definition) is 1. The van der Waals surface area contributed by atoms with E-state index in [-0.39, 0.29) is 12.5 Å². The van der Waals surface area contributed by atoms with E-state index < -0.39 is 0 Å². The molecule has 0 saturated carbocycles. The Morgan fingerprint density at radius 1 is 1.12 bits per heavy atom. The zero-order valence-electron chi connectivity index (χ0n) is 13.1. The molecule has 4 rings (SSSR count). The van der Waals surface area contributed by atoms with E-state index in [0.29, 0.717) is 17.2 Å². The highest BCUT2D eigenvalue weighted by molar-refractivity contribution is 5.92. The highest BCUT2D eigenvalue weighted by atomic mass is 16.1. The van der Waals surface area contributed by atoms with Crippen molar-refractivity contribution in [1.82, 2.24) is 30.1 Å². The Balaban J connectivity index is 1.53. The fourth-order valence-electron chi connectivity index (χ4n) is 2.80. The van der Waals surface area contributed by atoms with Crippen molar-refractivity contribution in [2.45, 2.75) is 19.4 Å². The summed E-state index contributed by atoms with van der Waals surface area (Å²) in [5.74, 6) is 1.26. The van der Waals surface area contributed by atoms with E-state index in [2.05, 4.69) is 30.5 Å². The van der Waals surface area contributed by atoms with Crippen molar-refractivity contribution < 1.29 is 4.79 Å². The van der Waals surface area contributed by atoms with Crippen LogP contribution in [0.4, 0.5) is 5.82 Å². The van der Waals surface area contributed by atoms with Gasteiger partial charge in [-0.2, -0.15) is 4.52 Å². The third-order valence-electron chi connectivity index (χ3n) is 4.05. The smallest absolute Gasteiger partial charge is 0.270 e. The lowest BCUT2D eigenvalue weighted by molar-refractivity contribution is 0.0944. The minimum atomic E-state index is -0.247. The molecule has 3 aromatic heterocycles. The Morgan fingerprint density at radius 2 is 2.00 bits per heavy atom. The Hall–Kier alpha value is -3.03. The van der Waals surface area contributed by atoms with Crippen molar-refractivity contribution in [2.75, 3.05) is 18.0 Å². The maximum absolute atomic E-state index is 12.1. The summed E-state index contributed by atoms with van der Waals surface area (Å²) < 4.78 is 1.69. The summed E-state index contributed by atoms with van der Waals surface area (Å²) in [5.41, 5.74) is 1.04. The molecule has 0 bridgehead atoms. The van der Waals surface area contributed by atoms with Crippen molar-refractivity contribution in [3.05, 3.63) is 48.0 Å². The van der Waals surface area contributed by atoms with Crippen LogP contribution in [0.2, 0.25) is 0 Å². The fraction of sp³-hybridized carbons (Fsp3) is 0.312. The molecule has 0 unspecified atom stereocenters. The third-order valence-corrected chi connectivity index (χ3v) is 4.05. The molecule has 24 heavy (non-hydrogen) atoms. The van der Waals surface area contributed by atoms with Crippen molar-refractivity contribution in [3.8, 4) is 0 Å². The molecule has 0 spiro atoms. The van der Waals surface area contributed by atoms with Gasteiger partial charge >= 0.3 is 0 Å². The molecule has 8 heteroatoms. The van der Waals surface area contributed by atoms with Crippen LogP contribution >= 0.6 is 0 Å². The summed E-state index contributed by atoms with van der Waals surface area (Å²) in [4.78, 5) is 18.4. The zero-order chi connectivity index (χ0) is 16.4. The Kier molecular flexibility index (Phi) is 3.78. The second-order valence-electron chi connectivity index (χ2n) is 5.67. The Morgan fingerprint density at radius 3 is 2.79 bits per heavy atom. The number of nitrogens with one attached hydrogen (secondary N) is 1. The largest absolute Gasteiger partial charge is 0.355 e. The van der Waals surface area contributed by atoms with E-state index in [1.165, 1.54) is 12.8 Å². The van der Waals surface area contributed by atoms with E-state index in [4.69, 9.17) is 0 Å². The fourth-order valence-corrected chi connectivity index (χ4v) is 2.80. The predicted octanol–water partition coefficient (Wildman–Crippen LogP) is 1.05. The van der Waals surface area contributed by atoms with Crippen LogP contribution in [0.5, 0.6) is 0 Å². The first-order chi connectivity index (χ1) is 11.8. The third kappa shape index (κ3) is 2.78. The minimum Gasteiger partial charge on any atom is -0.355 e. The standard InChI is InChI=1S/C16H17N7O/c24-16(12-5-1-2-8-17-12)18-11-15-20-19-13-6-7-14(21-23(13)15)22-9-3-4-10-22/h1-2,5-8H,3-4,9-11H2,(H,18,24). The number of hydrogen-bond acceptors (Lipinski definition) is 6. The number of aromatic nitrogens is 5. The molecule has 1 fully saturated rings. The SMILES string of the molecule is O=C(NCc1nnc2ccc(N3CCCC3)nn12)c1ccccn1. The van der Waals surface area contributed by atoms with E-state index in [1.54, 1.807) is 28.9 Å². The highest BCUT2D eigenvalue weighted by Gasteiger charge is 2.16. The number of carbonyl (C=O) groups excluding carboxylic acids is 1. The molecule has 1 N–H and O–H groups in total. The molecular formula is C16H17N7O. The lowest BCUT2D eigenvalue weighted by Crippen LogP contribution is -2.25. The Bertz CT molecular complexity index is 855. The average molecular weight is 323 g/mol. The molecule has 1 aliphatic rings. The minimum absolute atomic E-state index is 0.243. The molecule has 1 aliphatic heterocycles. The van der Waals surface area contributed by atoms with Crippen LogP contribution in [-0.4, -0.2) is 43.8 Å². The molecule has 1 amide bonds. The number of carbonyl (C=O) groups is 1. The topological polar surface area (TPSA) is 88.3 Å². The number of pyridine rings is 1. The van der Waals surface area contributed by atoms with Crippen molar-refractivity contribution in [3.63, 3.8) is 0 Å². The molecule has 3 aromatic rings. The summed E-state index contributed by atoms with van der Waals surface area (Å²) >= 11 is 0. The molecule has 0 atom stereocenters. The average Bonchev–Trinajstić information content (AvgIpc) is 3.30. The van der Waals surface area contributed by atoms with Gasteiger partial charge < -0.3 is 10.2 Å². The van der Waals surface area contributed by atoms with Gasteiger partial charge in [-0.15, -0.1) is 15.3 Å². The van der Waals surface area contributed by atoms with Gasteiger partial charge in [-0.1, -0.05) is 6.07 Å². The van der Waals surface area contributed by atoms with Gasteiger partial charge in [-0.25, -0.2) is 0 Å².